The average molecular weight is 430 g/mol. The number of aliphatic hydroxyl groups excluding tert-OH is 1. The molecule has 0 unspecified atom stereocenters. The maximum absolute atomic E-state index is 11.6. The topological polar surface area (TPSA) is 59.0 Å². The van der Waals surface area contributed by atoms with E-state index < -0.39 is 6.10 Å². The zero-order chi connectivity index (χ0) is 21.3. The molecule has 4 rings (SSSR count). The standard InChI is InChI=1S/C24H28ClNO4/c1-15-9-20(25)6-3-17(15)12-26-13-18-10-22(27)23(11-19(18)14-26)30-21-7-4-16(5-8-21)24(28)29-2/h3-9,18-19,22-23,27H,10-14H2,1-2H3/t18-,19+,22-,23-/m0/s1. The maximum Gasteiger partial charge on any atom is 0.337 e. The average Bonchev–Trinajstić information content (AvgIpc) is 3.11. The number of hydrogen-bond acceptors (Lipinski definition) is 5. The molecule has 0 spiro atoms. The molecule has 30 heavy (non-hydrogen) atoms. The van der Waals surface area contributed by atoms with Gasteiger partial charge in [0.05, 0.1) is 18.8 Å². The number of esters is 1. The molecule has 1 aliphatic heterocycles. The Balaban J connectivity index is 1.36. The second-order valence-corrected chi connectivity index (χ2v) is 8.93. The van der Waals surface area contributed by atoms with E-state index in [2.05, 4.69) is 17.9 Å². The van der Waals surface area contributed by atoms with Gasteiger partial charge in [-0.25, -0.2) is 4.79 Å². The fraction of sp³-hybridized carbons (Fsp3) is 0.458. The lowest BCUT2D eigenvalue weighted by Crippen LogP contribution is -2.42. The van der Waals surface area contributed by atoms with E-state index in [0.717, 1.165) is 37.5 Å². The summed E-state index contributed by atoms with van der Waals surface area (Å²) < 4.78 is 10.8. The van der Waals surface area contributed by atoms with Gasteiger partial charge in [0.25, 0.3) is 0 Å². The van der Waals surface area contributed by atoms with Crippen LogP contribution in [0, 0.1) is 18.8 Å². The first-order valence-electron chi connectivity index (χ1n) is 10.4. The lowest BCUT2D eigenvalue weighted by molar-refractivity contribution is -0.0231. The Morgan fingerprint density at radius 2 is 1.83 bits per heavy atom. The fourth-order valence-electron chi connectivity index (χ4n) is 4.78. The number of benzene rings is 2. The molecule has 1 aliphatic carbocycles. The van der Waals surface area contributed by atoms with E-state index in [-0.39, 0.29) is 12.1 Å². The van der Waals surface area contributed by atoms with Gasteiger partial charge >= 0.3 is 5.97 Å². The highest BCUT2D eigenvalue weighted by Crippen LogP contribution is 2.38. The van der Waals surface area contributed by atoms with Crippen LogP contribution >= 0.6 is 11.6 Å². The van der Waals surface area contributed by atoms with Gasteiger partial charge < -0.3 is 14.6 Å². The molecule has 0 amide bonds. The van der Waals surface area contributed by atoms with E-state index in [1.54, 1.807) is 24.3 Å². The van der Waals surface area contributed by atoms with Gasteiger partial charge in [-0.15, -0.1) is 0 Å². The number of rotatable bonds is 5. The Morgan fingerprint density at radius 3 is 2.50 bits per heavy atom. The van der Waals surface area contributed by atoms with Gasteiger partial charge in [-0.05, 0) is 79.1 Å². The van der Waals surface area contributed by atoms with E-state index in [0.29, 0.717) is 23.1 Å². The molecular weight excluding hydrogens is 402 g/mol. The molecule has 4 atom stereocenters. The number of hydrogen-bond donors (Lipinski definition) is 1. The van der Waals surface area contributed by atoms with Gasteiger partial charge in [0.2, 0.25) is 0 Å². The number of halogens is 1. The van der Waals surface area contributed by atoms with Crippen LogP contribution in [0.4, 0.5) is 0 Å². The van der Waals surface area contributed by atoms with E-state index in [1.165, 1.54) is 18.2 Å². The lowest BCUT2D eigenvalue weighted by Gasteiger charge is -2.35. The molecule has 2 aromatic rings. The third-order valence-corrected chi connectivity index (χ3v) is 6.66. The summed E-state index contributed by atoms with van der Waals surface area (Å²) in [5.41, 5.74) is 3.00. The van der Waals surface area contributed by atoms with Crippen LogP contribution in [0.2, 0.25) is 5.02 Å². The highest BCUT2D eigenvalue weighted by molar-refractivity contribution is 6.30. The number of methoxy groups -OCH3 is 1. The highest BCUT2D eigenvalue weighted by Gasteiger charge is 2.42. The molecule has 2 aliphatic rings. The van der Waals surface area contributed by atoms with Crippen LogP contribution in [0.15, 0.2) is 42.5 Å². The van der Waals surface area contributed by atoms with Gasteiger partial charge in [-0.3, -0.25) is 4.90 Å². The van der Waals surface area contributed by atoms with Crippen LogP contribution in [0.5, 0.6) is 5.75 Å². The van der Waals surface area contributed by atoms with Crippen LogP contribution in [-0.4, -0.2) is 48.4 Å². The van der Waals surface area contributed by atoms with Crippen molar-refractivity contribution in [3.63, 3.8) is 0 Å². The van der Waals surface area contributed by atoms with Crippen LogP contribution in [-0.2, 0) is 11.3 Å². The molecule has 5 nitrogen and oxygen atoms in total. The molecule has 160 valence electrons. The summed E-state index contributed by atoms with van der Waals surface area (Å²) in [7, 11) is 1.36. The Morgan fingerprint density at radius 1 is 1.13 bits per heavy atom. The van der Waals surface area contributed by atoms with Crippen LogP contribution in [0.25, 0.3) is 0 Å². The van der Waals surface area contributed by atoms with Crippen LogP contribution in [0.1, 0.15) is 34.3 Å². The van der Waals surface area contributed by atoms with Gasteiger partial charge in [0.15, 0.2) is 0 Å². The quantitative estimate of drug-likeness (QED) is 0.725. The molecule has 2 aromatic carbocycles. The zero-order valence-electron chi connectivity index (χ0n) is 17.4. The SMILES string of the molecule is COC(=O)c1ccc(O[C@H]2C[C@@H]3CN(Cc4ccc(Cl)cc4C)C[C@@H]3C[C@@H]2O)cc1. The smallest absolute Gasteiger partial charge is 0.337 e. The fourth-order valence-corrected chi connectivity index (χ4v) is 5.01. The van der Waals surface area contributed by atoms with E-state index in [4.69, 9.17) is 21.1 Å². The molecule has 0 radical (unpaired) electrons. The number of carbonyl (C=O) groups excluding carboxylic acids is 1. The Kier molecular flexibility index (Phi) is 6.32. The largest absolute Gasteiger partial charge is 0.488 e. The summed E-state index contributed by atoms with van der Waals surface area (Å²) in [6.45, 7) is 5.03. The van der Waals surface area contributed by atoms with Crippen molar-refractivity contribution in [3.05, 3.63) is 64.2 Å². The summed E-state index contributed by atoms with van der Waals surface area (Å²) in [6.07, 6.45) is 0.878. The summed E-state index contributed by atoms with van der Waals surface area (Å²) >= 11 is 6.08. The predicted molar refractivity (Wildman–Crippen MR) is 116 cm³/mol. The van der Waals surface area contributed by atoms with E-state index in [1.807, 2.05) is 12.1 Å². The molecule has 0 bridgehead atoms. The van der Waals surface area contributed by atoms with Gasteiger partial charge in [-0.1, -0.05) is 17.7 Å². The minimum absolute atomic E-state index is 0.229. The van der Waals surface area contributed by atoms with Crippen LogP contribution in [0.3, 0.4) is 0 Å². The normalized spacial score (nSPS) is 26.3. The van der Waals surface area contributed by atoms with Gasteiger partial charge in [0, 0.05) is 24.7 Å². The third-order valence-electron chi connectivity index (χ3n) is 6.42. The Bertz CT molecular complexity index is 901. The van der Waals surface area contributed by atoms with Crippen molar-refractivity contribution in [2.24, 2.45) is 11.8 Å². The molecule has 1 saturated heterocycles. The molecule has 0 aromatic heterocycles. The highest BCUT2D eigenvalue weighted by atomic mass is 35.5. The van der Waals surface area contributed by atoms with E-state index in [9.17, 15) is 9.90 Å². The van der Waals surface area contributed by atoms with Crippen molar-refractivity contribution in [3.8, 4) is 5.75 Å². The van der Waals surface area contributed by atoms with Crippen molar-refractivity contribution >= 4 is 17.6 Å². The zero-order valence-corrected chi connectivity index (χ0v) is 18.1. The summed E-state index contributed by atoms with van der Waals surface area (Å²) in [5, 5.41) is 11.4. The van der Waals surface area contributed by atoms with Crippen molar-refractivity contribution in [1.29, 1.82) is 0 Å². The first-order valence-corrected chi connectivity index (χ1v) is 10.8. The number of fused-ring (bicyclic) bond motifs is 1. The number of carbonyl (C=O) groups is 1. The first kappa shape index (κ1) is 21.2. The maximum atomic E-state index is 11.6. The molecule has 1 N–H and O–H groups in total. The first-order chi connectivity index (χ1) is 14.4. The number of ether oxygens (including phenoxy) is 2. The van der Waals surface area contributed by atoms with Crippen molar-refractivity contribution in [1.82, 2.24) is 4.90 Å². The van der Waals surface area contributed by atoms with Crippen molar-refractivity contribution < 1.29 is 19.4 Å². The van der Waals surface area contributed by atoms with Gasteiger partial charge in [0.1, 0.15) is 11.9 Å². The van der Waals surface area contributed by atoms with Crippen molar-refractivity contribution in [2.75, 3.05) is 20.2 Å². The molecule has 6 heteroatoms. The molecule has 1 saturated carbocycles. The monoisotopic (exact) mass is 429 g/mol. The lowest BCUT2D eigenvalue weighted by atomic mass is 9.78. The number of aliphatic hydroxyl groups is 1. The second kappa shape index (κ2) is 8.96. The Hall–Kier alpha value is -2.08. The number of aryl methyl sites for hydroxylation is 1. The van der Waals surface area contributed by atoms with Crippen LogP contribution < -0.4 is 4.74 Å². The molecule has 1 heterocycles. The second-order valence-electron chi connectivity index (χ2n) is 8.50. The minimum Gasteiger partial charge on any atom is -0.488 e. The summed E-state index contributed by atoms with van der Waals surface area (Å²) in [5.74, 6) is 1.30. The van der Waals surface area contributed by atoms with E-state index >= 15 is 0 Å². The minimum atomic E-state index is -0.483. The molecule has 2 fully saturated rings. The summed E-state index contributed by atoms with van der Waals surface area (Å²) in [6, 6.07) is 13.0. The number of likely N-dealkylation sites (tertiary alicyclic amines) is 1. The summed E-state index contributed by atoms with van der Waals surface area (Å²) in [4.78, 5) is 14.1. The van der Waals surface area contributed by atoms with Gasteiger partial charge in [-0.2, -0.15) is 0 Å². The molecular formula is C24H28ClNO4. The van der Waals surface area contributed by atoms with Crippen molar-refractivity contribution in [2.45, 2.75) is 38.5 Å². The number of nitrogens with zero attached hydrogens (tertiary/aromatic N) is 1. The predicted octanol–water partition coefficient (Wildman–Crippen LogP) is 4.09. The Labute approximate surface area is 182 Å². The third kappa shape index (κ3) is 4.64.